The van der Waals surface area contributed by atoms with Gasteiger partial charge in [0.15, 0.2) is 5.82 Å². The summed E-state index contributed by atoms with van der Waals surface area (Å²) in [5, 5.41) is 8.83. The lowest BCUT2D eigenvalue weighted by Gasteiger charge is -2.14. The first-order chi connectivity index (χ1) is 12.5. The molecular formula is C16H13FN6O2S. The van der Waals surface area contributed by atoms with E-state index in [0.29, 0.717) is 11.2 Å². The minimum atomic E-state index is -3.91. The zero-order valence-electron chi connectivity index (χ0n) is 13.5. The molecule has 0 unspecified atom stereocenters. The van der Waals surface area contributed by atoms with E-state index in [1.807, 2.05) is 0 Å². The molecule has 8 nitrogen and oxygen atoms in total. The lowest BCUT2D eigenvalue weighted by molar-refractivity contribution is 0.600. The smallest absolute Gasteiger partial charge is 0.263 e. The standard InChI is InChI=1S/C16H13FN6O2S/c1-22-16-11(7-19-22)4-5-14(23-10-12(17)8-20-23)15(16)21-26(24,25)13-3-2-6-18-9-13/h2-10,21H,1H3. The molecule has 10 heteroatoms. The Morgan fingerprint density at radius 3 is 2.65 bits per heavy atom. The maximum Gasteiger partial charge on any atom is 0.263 e. The zero-order chi connectivity index (χ0) is 18.3. The van der Waals surface area contributed by atoms with Crippen LogP contribution >= 0.6 is 0 Å². The second kappa shape index (κ2) is 5.92. The predicted octanol–water partition coefficient (Wildman–Crippen LogP) is 2.09. The van der Waals surface area contributed by atoms with Crippen molar-refractivity contribution in [3.05, 3.63) is 61.1 Å². The molecule has 0 fully saturated rings. The molecule has 0 spiro atoms. The molecule has 3 heterocycles. The van der Waals surface area contributed by atoms with E-state index in [2.05, 4.69) is 19.9 Å². The largest absolute Gasteiger partial charge is 0.275 e. The van der Waals surface area contributed by atoms with Crippen LogP contribution in [0, 0.1) is 5.82 Å². The number of benzene rings is 1. The van der Waals surface area contributed by atoms with Crippen molar-refractivity contribution >= 4 is 26.6 Å². The lowest BCUT2D eigenvalue weighted by atomic mass is 10.2. The van der Waals surface area contributed by atoms with Crippen molar-refractivity contribution < 1.29 is 12.8 Å². The fourth-order valence-corrected chi connectivity index (χ4v) is 3.72. The van der Waals surface area contributed by atoms with E-state index in [4.69, 9.17) is 0 Å². The van der Waals surface area contributed by atoms with Gasteiger partial charge in [0.1, 0.15) is 10.6 Å². The summed E-state index contributed by atoms with van der Waals surface area (Å²) >= 11 is 0. The Balaban J connectivity index is 1.94. The van der Waals surface area contributed by atoms with E-state index >= 15 is 0 Å². The number of hydrogen-bond donors (Lipinski definition) is 1. The number of hydrogen-bond acceptors (Lipinski definition) is 5. The van der Waals surface area contributed by atoms with E-state index in [1.54, 1.807) is 30.1 Å². The summed E-state index contributed by atoms with van der Waals surface area (Å²) in [5.74, 6) is -0.531. The second-order valence-electron chi connectivity index (χ2n) is 5.56. The van der Waals surface area contributed by atoms with Crippen molar-refractivity contribution in [2.24, 2.45) is 7.05 Å². The molecule has 0 aliphatic heterocycles. The number of sulfonamides is 1. The number of fused-ring (bicyclic) bond motifs is 1. The van der Waals surface area contributed by atoms with Crippen molar-refractivity contribution in [1.82, 2.24) is 24.5 Å². The Hall–Kier alpha value is -3.27. The van der Waals surface area contributed by atoms with Crippen molar-refractivity contribution in [3.63, 3.8) is 0 Å². The molecule has 4 rings (SSSR count). The van der Waals surface area contributed by atoms with E-state index in [-0.39, 0.29) is 10.6 Å². The van der Waals surface area contributed by atoms with Crippen LogP contribution in [0.3, 0.4) is 0 Å². The minimum Gasteiger partial charge on any atom is -0.275 e. The molecule has 0 aliphatic rings. The number of pyridine rings is 1. The highest BCUT2D eigenvalue weighted by Crippen LogP contribution is 2.31. The predicted molar refractivity (Wildman–Crippen MR) is 92.8 cm³/mol. The molecule has 3 aromatic heterocycles. The van der Waals surface area contributed by atoms with Gasteiger partial charge in [0, 0.05) is 24.8 Å². The quantitative estimate of drug-likeness (QED) is 0.592. The first kappa shape index (κ1) is 16.2. The summed E-state index contributed by atoms with van der Waals surface area (Å²) in [5.41, 5.74) is 1.16. The normalized spacial score (nSPS) is 11.8. The van der Waals surface area contributed by atoms with Gasteiger partial charge < -0.3 is 0 Å². The third kappa shape index (κ3) is 2.69. The summed E-state index contributed by atoms with van der Waals surface area (Å²) in [4.78, 5) is 3.85. The first-order valence-corrected chi connectivity index (χ1v) is 9.02. The number of nitrogens with zero attached hydrogens (tertiary/aromatic N) is 5. The summed E-state index contributed by atoms with van der Waals surface area (Å²) < 4.78 is 44.4. The van der Waals surface area contributed by atoms with Crippen LogP contribution in [0.4, 0.5) is 10.1 Å². The van der Waals surface area contributed by atoms with Crippen LogP contribution in [0.2, 0.25) is 0 Å². The average molecular weight is 372 g/mol. The van der Waals surface area contributed by atoms with Crippen molar-refractivity contribution in [3.8, 4) is 5.69 Å². The molecule has 0 bridgehead atoms. The SMILES string of the molecule is Cn1ncc2ccc(-n3cc(F)cn3)c(NS(=O)(=O)c3cccnc3)c21. The number of nitrogens with one attached hydrogen (secondary N) is 1. The van der Waals surface area contributed by atoms with E-state index in [0.717, 1.165) is 11.6 Å². The monoisotopic (exact) mass is 372 g/mol. The Labute approximate surface area is 148 Å². The van der Waals surface area contributed by atoms with Gasteiger partial charge in [-0.1, -0.05) is 0 Å². The van der Waals surface area contributed by atoms with E-state index in [1.165, 1.54) is 35.4 Å². The number of anilines is 1. The van der Waals surface area contributed by atoms with E-state index in [9.17, 15) is 12.8 Å². The van der Waals surface area contributed by atoms with Gasteiger partial charge in [0.2, 0.25) is 0 Å². The number of rotatable bonds is 4. The molecule has 0 saturated heterocycles. The third-order valence-corrected chi connectivity index (χ3v) is 5.19. The van der Waals surface area contributed by atoms with Gasteiger partial charge in [-0.05, 0) is 24.3 Å². The molecule has 132 valence electrons. The van der Waals surface area contributed by atoms with Crippen LogP contribution in [0.15, 0.2) is 60.1 Å². The molecular weight excluding hydrogens is 359 g/mol. The topological polar surface area (TPSA) is 94.7 Å². The van der Waals surface area contributed by atoms with Gasteiger partial charge in [-0.3, -0.25) is 14.4 Å². The molecule has 1 N–H and O–H groups in total. The lowest BCUT2D eigenvalue weighted by Crippen LogP contribution is -2.16. The van der Waals surface area contributed by atoms with Gasteiger partial charge >= 0.3 is 0 Å². The van der Waals surface area contributed by atoms with Crippen molar-refractivity contribution in [1.29, 1.82) is 0 Å². The average Bonchev–Trinajstić information content (AvgIpc) is 3.22. The Kier molecular flexibility index (Phi) is 3.69. The van der Waals surface area contributed by atoms with Crippen LogP contribution in [0.25, 0.3) is 16.6 Å². The van der Waals surface area contributed by atoms with Gasteiger partial charge in [-0.15, -0.1) is 0 Å². The summed E-state index contributed by atoms with van der Waals surface area (Å²) in [6, 6.07) is 6.38. The minimum absolute atomic E-state index is 0.0109. The number of aryl methyl sites for hydroxylation is 1. The molecule has 0 atom stereocenters. The molecule has 4 aromatic rings. The van der Waals surface area contributed by atoms with Crippen LogP contribution in [0.5, 0.6) is 0 Å². The van der Waals surface area contributed by atoms with Crippen LogP contribution in [0.1, 0.15) is 0 Å². The maximum absolute atomic E-state index is 13.4. The molecule has 1 aromatic carbocycles. The molecule has 26 heavy (non-hydrogen) atoms. The molecule has 0 amide bonds. The summed E-state index contributed by atoms with van der Waals surface area (Å²) in [7, 11) is -2.22. The van der Waals surface area contributed by atoms with E-state index < -0.39 is 15.8 Å². The molecule has 0 radical (unpaired) electrons. The Morgan fingerprint density at radius 2 is 1.96 bits per heavy atom. The highest BCUT2D eigenvalue weighted by molar-refractivity contribution is 7.92. The second-order valence-corrected chi connectivity index (χ2v) is 7.25. The van der Waals surface area contributed by atoms with Crippen LogP contribution in [-0.4, -0.2) is 33.0 Å². The van der Waals surface area contributed by atoms with Gasteiger partial charge in [-0.25, -0.2) is 17.5 Å². The number of halogens is 1. The summed E-state index contributed by atoms with van der Waals surface area (Å²) in [6.45, 7) is 0. The fourth-order valence-electron chi connectivity index (χ4n) is 2.68. The van der Waals surface area contributed by atoms with Crippen molar-refractivity contribution in [2.75, 3.05) is 4.72 Å². The Bertz CT molecular complexity index is 1200. The fraction of sp³-hybridized carbons (Fsp3) is 0.0625. The van der Waals surface area contributed by atoms with Crippen LogP contribution < -0.4 is 4.72 Å². The van der Waals surface area contributed by atoms with Gasteiger partial charge in [-0.2, -0.15) is 10.2 Å². The highest BCUT2D eigenvalue weighted by atomic mass is 32.2. The summed E-state index contributed by atoms with van der Waals surface area (Å²) in [6.07, 6.45) is 6.56. The molecule has 0 saturated carbocycles. The van der Waals surface area contributed by atoms with Crippen LogP contribution in [-0.2, 0) is 17.1 Å². The third-order valence-electron chi connectivity index (χ3n) is 3.86. The number of aromatic nitrogens is 5. The Morgan fingerprint density at radius 1 is 1.12 bits per heavy atom. The maximum atomic E-state index is 13.4. The first-order valence-electron chi connectivity index (χ1n) is 7.54. The highest BCUT2D eigenvalue weighted by Gasteiger charge is 2.21. The zero-order valence-corrected chi connectivity index (χ0v) is 14.4. The van der Waals surface area contributed by atoms with Gasteiger partial charge in [0.25, 0.3) is 10.0 Å². The molecule has 0 aliphatic carbocycles. The van der Waals surface area contributed by atoms with Crippen molar-refractivity contribution in [2.45, 2.75) is 4.90 Å². The van der Waals surface area contributed by atoms with Gasteiger partial charge in [0.05, 0.1) is 29.8 Å².